The van der Waals surface area contributed by atoms with Gasteiger partial charge >= 0.3 is 0 Å². The highest BCUT2D eigenvalue weighted by Crippen LogP contribution is 2.28. The van der Waals surface area contributed by atoms with Gasteiger partial charge in [-0.15, -0.1) is 0 Å². The lowest BCUT2D eigenvalue weighted by molar-refractivity contribution is -0.140. The number of methoxy groups -OCH3 is 1. The normalized spacial score (nSPS) is 12.0. The number of carbonyl (C=O) groups is 2. The number of nitrogens with one attached hydrogen (secondary N) is 1. The van der Waals surface area contributed by atoms with E-state index in [0.717, 1.165) is 15.4 Å². The van der Waals surface area contributed by atoms with Gasteiger partial charge in [-0.2, -0.15) is 0 Å². The van der Waals surface area contributed by atoms with Crippen molar-refractivity contribution >= 4 is 50.7 Å². The van der Waals surface area contributed by atoms with Crippen molar-refractivity contribution in [1.82, 2.24) is 10.2 Å². The fourth-order valence-corrected chi connectivity index (χ4v) is 6.77. The van der Waals surface area contributed by atoms with Gasteiger partial charge < -0.3 is 15.0 Å². The zero-order valence-corrected chi connectivity index (χ0v) is 28.4. The van der Waals surface area contributed by atoms with Crippen LogP contribution >= 0.6 is 23.2 Å². The van der Waals surface area contributed by atoms with Gasteiger partial charge in [0, 0.05) is 29.1 Å². The number of hydrogen-bond acceptors (Lipinski definition) is 5. The number of benzene rings is 4. The van der Waals surface area contributed by atoms with Gasteiger partial charge in [0.25, 0.3) is 10.0 Å². The maximum Gasteiger partial charge on any atom is 0.264 e. The molecule has 0 bridgehead atoms. The van der Waals surface area contributed by atoms with Crippen LogP contribution in [0.2, 0.25) is 10.0 Å². The van der Waals surface area contributed by atoms with E-state index in [0.29, 0.717) is 21.4 Å². The summed E-state index contributed by atoms with van der Waals surface area (Å²) in [6.07, 6.45) is 0.184. The van der Waals surface area contributed by atoms with Crippen LogP contribution in [0, 0.1) is 6.92 Å². The van der Waals surface area contributed by atoms with E-state index in [4.69, 9.17) is 27.9 Å². The number of rotatable bonds is 13. The van der Waals surface area contributed by atoms with Crippen LogP contribution in [0.5, 0.6) is 5.75 Å². The molecule has 0 aromatic heterocycles. The number of halogens is 2. The summed E-state index contributed by atoms with van der Waals surface area (Å²) in [7, 11) is -2.72. The smallest absolute Gasteiger partial charge is 0.264 e. The van der Waals surface area contributed by atoms with Gasteiger partial charge in [-0.25, -0.2) is 8.42 Å². The molecule has 0 aliphatic rings. The molecule has 0 radical (unpaired) electrons. The van der Waals surface area contributed by atoms with Gasteiger partial charge in [0.05, 0.1) is 17.7 Å². The summed E-state index contributed by atoms with van der Waals surface area (Å²) in [5, 5.41) is 3.66. The van der Waals surface area contributed by atoms with Crippen LogP contribution in [-0.2, 0) is 32.6 Å². The van der Waals surface area contributed by atoms with Gasteiger partial charge in [0.15, 0.2) is 0 Å². The molecule has 4 aromatic rings. The van der Waals surface area contributed by atoms with Crippen LogP contribution in [0.1, 0.15) is 30.5 Å². The maximum atomic E-state index is 14.5. The Kier molecular flexibility index (Phi) is 11.7. The zero-order chi connectivity index (χ0) is 33.4. The quantitative estimate of drug-likeness (QED) is 0.170. The summed E-state index contributed by atoms with van der Waals surface area (Å²) in [4.78, 5) is 29.7. The first-order chi connectivity index (χ1) is 21.9. The number of hydrogen-bond donors (Lipinski definition) is 1. The van der Waals surface area contributed by atoms with Crippen molar-refractivity contribution < 1.29 is 22.7 Å². The fraction of sp³-hybridized carbons (Fsp3) is 0.257. The summed E-state index contributed by atoms with van der Waals surface area (Å²) < 4.78 is 34.6. The average molecular weight is 683 g/mol. The molecule has 4 aromatic carbocycles. The molecule has 0 fully saturated rings. The lowest BCUT2D eigenvalue weighted by atomic mass is 10.0. The number of nitrogens with zero attached hydrogens (tertiary/aromatic N) is 2. The molecular weight excluding hydrogens is 645 g/mol. The molecule has 0 aliphatic heterocycles. The Morgan fingerprint density at radius 1 is 0.891 bits per heavy atom. The standard InChI is InChI=1S/C35H37Cl2N3O5S/c1-24(2)38-35(42)33(20-26-8-6-5-7-9-26)39(22-27-12-13-28(36)21-32(27)37)34(41)23-40(29-14-16-30(45-4)17-15-29)46(43,44)31-18-10-25(3)11-19-31/h5-19,21,24,33H,20,22-23H2,1-4H3,(H,38,42)/t33-/m0/s1. The highest BCUT2D eigenvalue weighted by atomic mass is 35.5. The summed E-state index contributed by atoms with van der Waals surface area (Å²) >= 11 is 12.7. The molecule has 4 rings (SSSR count). The van der Waals surface area contributed by atoms with E-state index in [1.54, 1.807) is 54.6 Å². The van der Waals surface area contributed by atoms with Crippen LogP contribution in [0.15, 0.2) is 102 Å². The van der Waals surface area contributed by atoms with Gasteiger partial charge in [0.1, 0.15) is 18.3 Å². The molecule has 1 N–H and O–H groups in total. The number of amides is 2. The van der Waals surface area contributed by atoms with Crippen molar-refractivity contribution in [2.24, 2.45) is 0 Å². The predicted molar refractivity (Wildman–Crippen MR) is 183 cm³/mol. The minimum absolute atomic E-state index is 0.0207. The topological polar surface area (TPSA) is 96.0 Å². The van der Waals surface area contributed by atoms with Gasteiger partial charge in [-0.1, -0.05) is 77.3 Å². The molecule has 0 unspecified atom stereocenters. The van der Waals surface area contributed by atoms with E-state index < -0.39 is 28.5 Å². The van der Waals surface area contributed by atoms with E-state index in [2.05, 4.69) is 5.32 Å². The Hall–Kier alpha value is -4.05. The Balaban J connectivity index is 1.82. The van der Waals surface area contributed by atoms with Crippen LogP contribution in [0.3, 0.4) is 0 Å². The molecule has 242 valence electrons. The second kappa shape index (κ2) is 15.5. The van der Waals surface area contributed by atoms with E-state index in [9.17, 15) is 18.0 Å². The summed E-state index contributed by atoms with van der Waals surface area (Å²) in [6, 6.07) is 25.8. The second-order valence-corrected chi connectivity index (χ2v) is 13.9. The number of sulfonamides is 1. The monoisotopic (exact) mass is 681 g/mol. The Labute approximate surface area is 280 Å². The molecular formula is C35H37Cl2N3O5S. The second-order valence-electron chi connectivity index (χ2n) is 11.1. The third-order valence-electron chi connectivity index (χ3n) is 7.31. The highest BCUT2D eigenvalue weighted by Gasteiger charge is 2.35. The van der Waals surface area contributed by atoms with Crippen LogP contribution in [0.25, 0.3) is 0 Å². The minimum Gasteiger partial charge on any atom is -0.497 e. The summed E-state index contributed by atoms with van der Waals surface area (Å²) in [5.41, 5.74) is 2.51. The number of anilines is 1. The molecule has 2 amide bonds. The number of carbonyl (C=O) groups excluding carboxylic acids is 2. The van der Waals surface area contributed by atoms with Crippen molar-refractivity contribution in [2.75, 3.05) is 18.0 Å². The molecule has 0 spiro atoms. The van der Waals surface area contributed by atoms with Crippen molar-refractivity contribution in [3.63, 3.8) is 0 Å². The summed E-state index contributed by atoms with van der Waals surface area (Å²) in [6.45, 7) is 4.86. The van der Waals surface area contributed by atoms with Crippen molar-refractivity contribution in [2.45, 2.75) is 50.7 Å². The Morgan fingerprint density at radius 3 is 2.13 bits per heavy atom. The van der Waals surface area contributed by atoms with Crippen molar-refractivity contribution in [1.29, 1.82) is 0 Å². The van der Waals surface area contributed by atoms with Crippen molar-refractivity contribution in [3.8, 4) is 5.75 Å². The van der Waals surface area contributed by atoms with E-state index in [1.165, 1.54) is 24.1 Å². The first-order valence-electron chi connectivity index (χ1n) is 14.7. The van der Waals surface area contributed by atoms with Crippen LogP contribution in [0.4, 0.5) is 5.69 Å². The Bertz CT molecular complexity index is 1750. The predicted octanol–water partition coefficient (Wildman–Crippen LogP) is 6.67. The highest BCUT2D eigenvalue weighted by molar-refractivity contribution is 7.92. The van der Waals surface area contributed by atoms with Crippen LogP contribution in [-0.4, -0.2) is 50.9 Å². The van der Waals surface area contributed by atoms with E-state index in [1.807, 2.05) is 51.1 Å². The largest absolute Gasteiger partial charge is 0.497 e. The minimum atomic E-state index is -4.23. The van der Waals surface area contributed by atoms with Gasteiger partial charge in [-0.3, -0.25) is 13.9 Å². The average Bonchev–Trinajstić information content (AvgIpc) is 3.02. The van der Waals surface area contributed by atoms with Crippen molar-refractivity contribution in [3.05, 3.63) is 124 Å². The van der Waals surface area contributed by atoms with Gasteiger partial charge in [-0.05, 0) is 80.4 Å². The third kappa shape index (κ3) is 8.81. The molecule has 8 nitrogen and oxygen atoms in total. The van der Waals surface area contributed by atoms with E-state index >= 15 is 0 Å². The molecule has 0 aliphatic carbocycles. The number of aryl methyl sites for hydroxylation is 1. The number of ether oxygens (including phenoxy) is 1. The molecule has 0 saturated heterocycles. The molecule has 0 heterocycles. The van der Waals surface area contributed by atoms with Gasteiger partial charge in [0.2, 0.25) is 11.8 Å². The fourth-order valence-electron chi connectivity index (χ4n) is 4.88. The first kappa shape index (κ1) is 34.8. The molecule has 46 heavy (non-hydrogen) atoms. The first-order valence-corrected chi connectivity index (χ1v) is 16.9. The SMILES string of the molecule is COc1ccc(N(CC(=O)N(Cc2ccc(Cl)cc2Cl)[C@@H](Cc2ccccc2)C(=O)NC(C)C)S(=O)(=O)c2ccc(C)cc2)cc1. The molecule has 11 heteroatoms. The van der Waals surface area contributed by atoms with Crippen LogP contribution < -0.4 is 14.4 Å². The maximum absolute atomic E-state index is 14.5. The Morgan fingerprint density at radius 2 is 1.54 bits per heavy atom. The summed E-state index contributed by atoms with van der Waals surface area (Å²) in [5.74, 6) is -0.456. The van der Waals surface area contributed by atoms with E-state index in [-0.39, 0.29) is 35.5 Å². The lowest BCUT2D eigenvalue weighted by Crippen LogP contribution is -2.54. The zero-order valence-electron chi connectivity index (χ0n) is 26.1. The molecule has 1 atom stereocenters. The molecule has 0 saturated carbocycles. The lowest BCUT2D eigenvalue weighted by Gasteiger charge is -2.34. The third-order valence-corrected chi connectivity index (χ3v) is 9.68.